The Bertz CT molecular complexity index is 417. The first-order chi connectivity index (χ1) is 10.8. The Kier molecular flexibility index (Phi) is 4.16. The van der Waals surface area contributed by atoms with Crippen molar-refractivity contribution in [3.63, 3.8) is 0 Å². The minimum absolute atomic E-state index is 0.154. The van der Waals surface area contributed by atoms with E-state index in [1.54, 1.807) is 0 Å². The molecule has 0 radical (unpaired) electrons. The van der Waals surface area contributed by atoms with Gasteiger partial charge in [0.05, 0.1) is 6.10 Å². The predicted octanol–water partition coefficient (Wildman–Crippen LogP) is 2.42. The van der Waals surface area contributed by atoms with Gasteiger partial charge in [-0.2, -0.15) is 0 Å². The maximum atomic E-state index is 12.5. The second-order valence-corrected chi connectivity index (χ2v) is 7.96. The van der Waals surface area contributed by atoms with Crippen LogP contribution in [-0.4, -0.2) is 60.1 Å². The lowest BCUT2D eigenvalue weighted by atomic mass is 9.87. The van der Waals surface area contributed by atoms with Gasteiger partial charge in [0.1, 0.15) is 0 Å². The van der Waals surface area contributed by atoms with Crippen molar-refractivity contribution in [1.82, 2.24) is 9.80 Å². The first kappa shape index (κ1) is 14.9. The molecule has 4 rings (SSSR count). The third-order valence-corrected chi connectivity index (χ3v) is 6.31. The number of likely N-dealkylation sites (tertiary alicyclic amines) is 2. The maximum absolute atomic E-state index is 12.5. The number of hydrogen-bond donors (Lipinski definition) is 0. The van der Waals surface area contributed by atoms with Gasteiger partial charge in [0.2, 0.25) is 5.91 Å². The molecule has 1 spiro atoms. The zero-order chi connectivity index (χ0) is 15.0. The van der Waals surface area contributed by atoms with Crippen molar-refractivity contribution < 1.29 is 9.53 Å². The summed E-state index contributed by atoms with van der Waals surface area (Å²) in [5.74, 6) is 1.35. The van der Waals surface area contributed by atoms with Crippen LogP contribution >= 0.6 is 0 Å². The van der Waals surface area contributed by atoms with E-state index in [0.29, 0.717) is 12.0 Å². The molecule has 0 aromatic rings. The van der Waals surface area contributed by atoms with E-state index in [4.69, 9.17) is 4.74 Å². The summed E-state index contributed by atoms with van der Waals surface area (Å²) in [7, 11) is 0. The summed E-state index contributed by atoms with van der Waals surface area (Å²) < 4.78 is 5.81. The molecule has 1 saturated carbocycles. The highest BCUT2D eigenvalue weighted by atomic mass is 16.5. The van der Waals surface area contributed by atoms with Crippen molar-refractivity contribution in [3.05, 3.63) is 0 Å². The molecule has 0 aromatic heterocycles. The van der Waals surface area contributed by atoms with Crippen molar-refractivity contribution >= 4 is 5.91 Å². The third-order valence-electron chi connectivity index (χ3n) is 6.31. The zero-order valence-corrected chi connectivity index (χ0v) is 13.8. The molecular weight excluding hydrogens is 276 g/mol. The summed E-state index contributed by atoms with van der Waals surface area (Å²) in [5, 5.41) is 0. The number of hydrogen-bond acceptors (Lipinski definition) is 3. The van der Waals surface area contributed by atoms with Crippen LogP contribution in [0.2, 0.25) is 0 Å². The molecule has 22 heavy (non-hydrogen) atoms. The Morgan fingerprint density at radius 3 is 2.73 bits per heavy atom. The Balaban J connectivity index is 1.42. The molecule has 4 aliphatic rings. The highest BCUT2D eigenvalue weighted by Crippen LogP contribution is 2.40. The molecule has 4 heteroatoms. The largest absolute Gasteiger partial charge is 0.376 e. The van der Waals surface area contributed by atoms with Gasteiger partial charge in [-0.15, -0.1) is 0 Å². The van der Waals surface area contributed by atoms with E-state index in [-0.39, 0.29) is 5.54 Å². The van der Waals surface area contributed by atoms with Crippen LogP contribution in [0.15, 0.2) is 0 Å². The van der Waals surface area contributed by atoms with E-state index in [2.05, 4.69) is 9.80 Å². The van der Waals surface area contributed by atoms with Gasteiger partial charge in [-0.05, 0) is 63.8 Å². The van der Waals surface area contributed by atoms with Crippen LogP contribution < -0.4 is 0 Å². The Morgan fingerprint density at radius 2 is 1.95 bits per heavy atom. The molecule has 0 aromatic carbocycles. The van der Waals surface area contributed by atoms with Crippen molar-refractivity contribution in [3.8, 4) is 0 Å². The molecule has 4 fully saturated rings. The Morgan fingerprint density at radius 1 is 1.05 bits per heavy atom. The fraction of sp³-hybridized carbons (Fsp3) is 0.944. The quantitative estimate of drug-likeness (QED) is 0.800. The average molecular weight is 306 g/mol. The van der Waals surface area contributed by atoms with Gasteiger partial charge >= 0.3 is 0 Å². The first-order valence-electron chi connectivity index (χ1n) is 9.40. The number of amides is 1. The number of carbonyl (C=O) groups is 1. The topological polar surface area (TPSA) is 32.8 Å². The van der Waals surface area contributed by atoms with Crippen molar-refractivity contribution in [1.29, 1.82) is 0 Å². The second kappa shape index (κ2) is 6.12. The molecule has 0 N–H and O–H groups in total. The molecule has 2 atom stereocenters. The van der Waals surface area contributed by atoms with Gasteiger partial charge < -0.3 is 14.5 Å². The lowest BCUT2D eigenvalue weighted by Gasteiger charge is -2.39. The fourth-order valence-electron chi connectivity index (χ4n) is 4.76. The summed E-state index contributed by atoms with van der Waals surface area (Å²) >= 11 is 0. The van der Waals surface area contributed by atoms with E-state index >= 15 is 0 Å². The predicted molar refractivity (Wildman–Crippen MR) is 85.7 cm³/mol. The van der Waals surface area contributed by atoms with Crippen LogP contribution in [0.1, 0.15) is 57.8 Å². The van der Waals surface area contributed by atoms with Gasteiger partial charge in [0, 0.05) is 38.2 Å². The van der Waals surface area contributed by atoms with Gasteiger partial charge in [0.15, 0.2) is 0 Å². The van der Waals surface area contributed by atoms with Crippen LogP contribution in [0.25, 0.3) is 0 Å². The number of nitrogens with zero attached hydrogens (tertiary/aromatic N) is 2. The molecule has 1 amide bonds. The normalized spacial score (nSPS) is 37.2. The van der Waals surface area contributed by atoms with E-state index < -0.39 is 0 Å². The molecular formula is C18H30N2O2. The van der Waals surface area contributed by atoms with Gasteiger partial charge in [0.25, 0.3) is 0 Å². The SMILES string of the molecule is O=C1CCC2(CCCN(CC3CC3)CC2)N1CC1CCCO1. The van der Waals surface area contributed by atoms with E-state index in [1.165, 1.54) is 51.7 Å². The van der Waals surface area contributed by atoms with Crippen molar-refractivity contribution in [2.24, 2.45) is 5.92 Å². The fourth-order valence-corrected chi connectivity index (χ4v) is 4.76. The molecule has 124 valence electrons. The molecule has 3 saturated heterocycles. The summed E-state index contributed by atoms with van der Waals surface area (Å²) in [5.41, 5.74) is 0.154. The monoisotopic (exact) mass is 306 g/mol. The smallest absolute Gasteiger partial charge is 0.223 e. The van der Waals surface area contributed by atoms with Gasteiger partial charge in [-0.3, -0.25) is 4.79 Å². The Hall–Kier alpha value is -0.610. The minimum Gasteiger partial charge on any atom is -0.376 e. The highest BCUT2D eigenvalue weighted by Gasteiger charge is 2.46. The number of carbonyl (C=O) groups excluding carboxylic acids is 1. The molecule has 0 bridgehead atoms. The van der Waals surface area contributed by atoms with Gasteiger partial charge in [-0.25, -0.2) is 0 Å². The van der Waals surface area contributed by atoms with E-state index in [9.17, 15) is 4.79 Å². The average Bonchev–Trinajstić information content (AvgIpc) is 3.15. The van der Waals surface area contributed by atoms with E-state index in [0.717, 1.165) is 44.8 Å². The second-order valence-electron chi connectivity index (χ2n) is 7.96. The molecule has 1 aliphatic carbocycles. The van der Waals surface area contributed by atoms with Crippen LogP contribution in [0.3, 0.4) is 0 Å². The zero-order valence-electron chi connectivity index (χ0n) is 13.8. The Labute approximate surface area is 134 Å². The summed E-state index contributed by atoms with van der Waals surface area (Å²) in [6.07, 6.45) is 10.9. The van der Waals surface area contributed by atoms with Crippen LogP contribution in [0.5, 0.6) is 0 Å². The van der Waals surface area contributed by atoms with Gasteiger partial charge in [-0.1, -0.05) is 0 Å². The van der Waals surface area contributed by atoms with Crippen LogP contribution in [0, 0.1) is 5.92 Å². The van der Waals surface area contributed by atoms with Crippen LogP contribution in [0.4, 0.5) is 0 Å². The molecule has 3 heterocycles. The molecule has 4 nitrogen and oxygen atoms in total. The lowest BCUT2D eigenvalue weighted by molar-refractivity contribution is -0.133. The number of rotatable bonds is 4. The standard InChI is InChI=1S/C18H30N2O2/c21-17-6-8-18(20(17)14-16-3-1-12-22-16)7-2-10-19(11-9-18)13-15-4-5-15/h15-16H,1-14H2. The lowest BCUT2D eigenvalue weighted by Crippen LogP contribution is -2.49. The molecule has 2 unspecified atom stereocenters. The third kappa shape index (κ3) is 3.05. The summed E-state index contributed by atoms with van der Waals surface area (Å²) in [4.78, 5) is 17.4. The maximum Gasteiger partial charge on any atom is 0.223 e. The minimum atomic E-state index is 0.154. The van der Waals surface area contributed by atoms with Crippen molar-refractivity contribution in [2.75, 3.05) is 32.8 Å². The first-order valence-corrected chi connectivity index (χ1v) is 9.40. The highest BCUT2D eigenvalue weighted by molar-refractivity contribution is 5.79. The summed E-state index contributed by atoms with van der Waals surface area (Å²) in [6.45, 7) is 5.46. The van der Waals surface area contributed by atoms with Crippen LogP contribution in [-0.2, 0) is 9.53 Å². The number of ether oxygens (including phenoxy) is 1. The van der Waals surface area contributed by atoms with E-state index in [1.807, 2.05) is 0 Å². The molecule has 3 aliphatic heterocycles. The summed E-state index contributed by atoms with van der Waals surface area (Å²) in [6, 6.07) is 0. The van der Waals surface area contributed by atoms with Crippen molar-refractivity contribution in [2.45, 2.75) is 69.4 Å².